The van der Waals surface area contributed by atoms with Crippen molar-refractivity contribution in [2.75, 3.05) is 0 Å². The third kappa shape index (κ3) is 3.73. The Bertz CT molecular complexity index is 450. The molecule has 19 heavy (non-hydrogen) atoms. The molecule has 3 heteroatoms. The molecule has 2 atom stereocenters. The van der Waals surface area contributed by atoms with Gasteiger partial charge in [0.2, 0.25) is 0 Å². The number of carboxylic acids is 1. The maximum absolute atomic E-state index is 11.4. The molecule has 0 aliphatic heterocycles. The summed E-state index contributed by atoms with van der Waals surface area (Å²) in [4.78, 5) is 11.4. The number of hydrogen-bond donors (Lipinski definition) is 1. The summed E-state index contributed by atoms with van der Waals surface area (Å²) in [6.45, 7) is 4.47. The first-order valence-electron chi connectivity index (χ1n) is 6.85. The Hall–Kier alpha value is -1.02. The number of benzene rings is 1. The minimum atomic E-state index is -0.644. The third-order valence-corrected chi connectivity index (χ3v) is 4.50. The Morgan fingerprint density at radius 2 is 2.00 bits per heavy atom. The van der Waals surface area contributed by atoms with Crippen LogP contribution in [0.3, 0.4) is 0 Å². The van der Waals surface area contributed by atoms with Crippen molar-refractivity contribution in [3.63, 3.8) is 0 Å². The van der Waals surface area contributed by atoms with Crippen LogP contribution in [-0.4, -0.2) is 11.1 Å². The van der Waals surface area contributed by atoms with Crippen LogP contribution in [0.25, 0.3) is 0 Å². The van der Waals surface area contributed by atoms with E-state index in [9.17, 15) is 9.90 Å². The molecule has 1 N–H and O–H groups in total. The lowest BCUT2D eigenvalue weighted by Gasteiger charge is -2.39. The number of hydrogen-bond acceptors (Lipinski definition) is 1. The molecule has 0 heterocycles. The maximum atomic E-state index is 11.4. The highest BCUT2D eigenvalue weighted by Crippen LogP contribution is 2.43. The van der Waals surface area contributed by atoms with Gasteiger partial charge in [0, 0.05) is 5.02 Å². The fourth-order valence-corrected chi connectivity index (χ4v) is 3.32. The summed E-state index contributed by atoms with van der Waals surface area (Å²) in [5.41, 5.74) is 1.43. The van der Waals surface area contributed by atoms with Crippen molar-refractivity contribution in [3.05, 3.63) is 34.9 Å². The molecule has 2 rings (SSSR count). The SMILES string of the molecule is CC1(C)CCC(C(=O)O)C(Cc2ccc(Cl)cc2)C1. The van der Waals surface area contributed by atoms with Crippen LogP contribution in [0.5, 0.6) is 0 Å². The van der Waals surface area contributed by atoms with E-state index in [1.165, 1.54) is 5.56 Å². The Morgan fingerprint density at radius 1 is 1.37 bits per heavy atom. The molecule has 1 aromatic carbocycles. The van der Waals surface area contributed by atoms with E-state index in [-0.39, 0.29) is 17.3 Å². The van der Waals surface area contributed by atoms with E-state index in [4.69, 9.17) is 11.6 Å². The quantitative estimate of drug-likeness (QED) is 0.890. The second kappa shape index (κ2) is 5.54. The maximum Gasteiger partial charge on any atom is 0.306 e. The van der Waals surface area contributed by atoms with Gasteiger partial charge in [-0.1, -0.05) is 37.6 Å². The van der Waals surface area contributed by atoms with Crippen molar-refractivity contribution in [2.45, 2.75) is 39.5 Å². The second-order valence-corrected chi connectivity index (χ2v) is 6.88. The number of carbonyl (C=O) groups is 1. The van der Waals surface area contributed by atoms with Crippen molar-refractivity contribution in [1.29, 1.82) is 0 Å². The highest BCUT2D eigenvalue weighted by Gasteiger charge is 2.38. The lowest BCUT2D eigenvalue weighted by atomic mass is 9.65. The van der Waals surface area contributed by atoms with E-state index in [0.717, 1.165) is 30.7 Å². The van der Waals surface area contributed by atoms with Crippen molar-refractivity contribution in [3.8, 4) is 0 Å². The monoisotopic (exact) mass is 280 g/mol. The van der Waals surface area contributed by atoms with Crippen LogP contribution in [0, 0.1) is 17.3 Å². The summed E-state index contributed by atoms with van der Waals surface area (Å²) >= 11 is 5.88. The van der Waals surface area contributed by atoms with Crippen LogP contribution in [0.2, 0.25) is 5.02 Å². The molecule has 0 bridgehead atoms. The number of rotatable bonds is 3. The fourth-order valence-electron chi connectivity index (χ4n) is 3.20. The van der Waals surface area contributed by atoms with Gasteiger partial charge in [-0.2, -0.15) is 0 Å². The summed E-state index contributed by atoms with van der Waals surface area (Å²) in [5.74, 6) is -0.624. The lowest BCUT2D eigenvalue weighted by Crippen LogP contribution is -2.35. The molecule has 0 radical (unpaired) electrons. The zero-order valence-electron chi connectivity index (χ0n) is 11.5. The van der Waals surface area contributed by atoms with Crippen LogP contribution in [0.4, 0.5) is 0 Å². The van der Waals surface area contributed by atoms with Crippen LogP contribution in [0.15, 0.2) is 24.3 Å². The summed E-state index contributed by atoms with van der Waals surface area (Å²) < 4.78 is 0. The Labute approximate surface area is 119 Å². The summed E-state index contributed by atoms with van der Waals surface area (Å²) in [6.07, 6.45) is 3.60. The predicted octanol–water partition coefficient (Wildman–Crippen LogP) is 4.41. The molecule has 1 saturated carbocycles. The van der Waals surface area contributed by atoms with E-state index < -0.39 is 5.97 Å². The second-order valence-electron chi connectivity index (χ2n) is 6.44. The van der Waals surface area contributed by atoms with Crippen molar-refractivity contribution in [2.24, 2.45) is 17.3 Å². The van der Waals surface area contributed by atoms with Gasteiger partial charge in [-0.05, 0) is 54.7 Å². The molecule has 1 aliphatic carbocycles. The van der Waals surface area contributed by atoms with Crippen molar-refractivity contribution >= 4 is 17.6 Å². The molecular formula is C16H21ClO2. The molecule has 1 aromatic rings. The smallest absolute Gasteiger partial charge is 0.306 e. The Morgan fingerprint density at radius 3 is 2.58 bits per heavy atom. The molecule has 1 fully saturated rings. The standard InChI is InChI=1S/C16H21ClO2/c1-16(2)8-7-14(15(18)19)12(10-16)9-11-3-5-13(17)6-4-11/h3-6,12,14H,7-10H2,1-2H3,(H,18,19). The lowest BCUT2D eigenvalue weighted by molar-refractivity contribution is -0.146. The molecule has 0 saturated heterocycles. The molecule has 2 nitrogen and oxygen atoms in total. The van der Waals surface area contributed by atoms with Crippen molar-refractivity contribution in [1.82, 2.24) is 0 Å². The van der Waals surface area contributed by atoms with E-state index in [1.807, 2.05) is 24.3 Å². The molecule has 2 unspecified atom stereocenters. The molecular weight excluding hydrogens is 260 g/mol. The topological polar surface area (TPSA) is 37.3 Å². The predicted molar refractivity (Wildman–Crippen MR) is 77.4 cm³/mol. The van der Waals surface area contributed by atoms with Crippen molar-refractivity contribution < 1.29 is 9.90 Å². The molecule has 0 spiro atoms. The summed E-state index contributed by atoms with van der Waals surface area (Å²) in [5, 5.41) is 10.1. The van der Waals surface area contributed by atoms with Gasteiger partial charge in [0.25, 0.3) is 0 Å². The Kier molecular flexibility index (Phi) is 4.19. The van der Waals surface area contributed by atoms with E-state index >= 15 is 0 Å². The van der Waals surface area contributed by atoms with Gasteiger partial charge in [0.15, 0.2) is 0 Å². The van der Waals surface area contributed by atoms with Crippen LogP contribution in [-0.2, 0) is 11.2 Å². The minimum absolute atomic E-state index is 0.205. The molecule has 0 aromatic heterocycles. The van der Waals surface area contributed by atoms with Crippen LogP contribution >= 0.6 is 11.6 Å². The first-order chi connectivity index (χ1) is 8.87. The van der Waals surface area contributed by atoms with Crippen LogP contribution < -0.4 is 0 Å². The average molecular weight is 281 g/mol. The van der Waals surface area contributed by atoms with E-state index in [2.05, 4.69) is 13.8 Å². The normalized spacial score (nSPS) is 26.1. The summed E-state index contributed by atoms with van der Waals surface area (Å²) in [7, 11) is 0. The van der Waals surface area contributed by atoms with Gasteiger partial charge < -0.3 is 5.11 Å². The van der Waals surface area contributed by atoms with Gasteiger partial charge >= 0.3 is 5.97 Å². The highest BCUT2D eigenvalue weighted by atomic mass is 35.5. The molecule has 104 valence electrons. The number of halogens is 1. The van der Waals surface area contributed by atoms with E-state index in [0.29, 0.717) is 0 Å². The van der Waals surface area contributed by atoms with Crippen LogP contribution in [0.1, 0.15) is 38.7 Å². The Balaban J connectivity index is 2.13. The molecule has 1 aliphatic rings. The zero-order valence-corrected chi connectivity index (χ0v) is 12.3. The van der Waals surface area contributed by atoms with Gasteiger partial charge in [-0.3, -0.25) is 4.79 Å². The minimum Gasteiger partial charge on any atom is -0.481 e. The highest BCUT2D eigenvalue weighted by molar-refractivity contribution is 6.30. The van der Waals surface area contributed by atoms with E-state index in [1.54, 1.807) is 0 Å². The fraction of sp³-hybridized carbons (Fsp3) is 0.562. The first-order valence-corrected chi connectivity index (χ1v) is 7.22. The zero-order chi connectivity index (χ0) is 14.0. The first kappa shape index (κ1) is 14.4. The summed E-state index contributed by atoms with van der Waals surface area (Å²) in [6, 6.07) is 7.76. The van der Waals surface area contributed by atoms with Gasteiger partial charge in [-0.25, -0.2) is 0 Å². The van der Waals surface area contributed by atoms with Gasteiger partial charge in [0.1, 0.15) is 0 Å². The number of carboxylic acid groups (broad SMARTS) is 1. The molecule has 0 amide bonds. The van der Waals surface area contributed by atoms with Gasteiger partial charge in [-0.15, -0.1) is 0 Å². The third-order valence-electron chi connectivity index (χ3n) is 4.24. The largest absolute Gasteiger partial charge is 0.481 e. The average Bonchev–Trinajstić information content (AvgIpc) is 2.30. The van der Waals surface area contributed by atoms with Gasteiger partial charge in [0.05, 0.1) is 5.92 Å². The number of aliphatic carboxylic acids is 1.